The Bertz CT molecular complexity index is 6560. The zero-order chi connectivity index (χ0) is 100.0. The lowest BCUT2D eigenvalue weighted by Crippen LogP contribution is -2.28. The molecule has 0 atom stereocenters. The largest absolute Gasteiger partial charge is 0.464 e. The van der Waals surface area contributed by atoms with Crippen LogP contribution in [-0.4, -0.2) is 160 Å². The third-order valence-corrected chi connectivity index (χ3v) is 25.2. The first kappa shape index (κ1) is 107. The number of carbonyl (C=O) groups is 6. The number of fused-ring (bicyclic) bond motifs is 2. The highest BCUT2D eigenvalue weighted by Crippen LogP contribution is 2.43. The van der Waals surface area contributed by atoms with Crippen molar-refractivity contribution in [2.45, 2.75) is 97.8 Å². The molecular weight excluding hydrogens is 1890 g/mol. The number of aromatic nitrogens is 8. The maximum absolute atomic E-state index is 12.6. The van der Waals surface area contributed by atoms with E-state index in [9.17, 15) is 28.8 Å². The van der Waals surface area contributed by atoms with E-state index in [2.05, 4.69) is 65.3 Å². The summed E-state index contributed by atoms with van der Waals surface area (Å²) in [5.41, 5.74) is 20.5. The number of anilines is 4. The molecule has 0 aliphatic carbocycles. The maximum Gasteiger partial charge on any atom is 0.396 e. The second-order valence-corrected chi connectivity index (χ2v) is 39.5. The fourth-order valence-corrected chi connectivity index (χ4v) is 15.1. The second kappa shape index (κ2) is 50.6. The number of rotatable bonds is 20. The van der Waals surface area contributed by atoms with Gasteiger partial charge in [-0.05, 0) is 120 Å². The molecule has 7 N–H and O–H groups in total. The number of hydrogen-bond acceptors (Lipinski definition) is 31. The molecular formula is C99H104N16O14S8. The molecule has 8 heterocycles. The smallest absolute Gasteiger partial charge is 0.396 e. The Kier molecular flexibility index (Phi) is 39.5. The molecule has 0 unspecified atom stereocenters. The first-order valence-corrected chi connectivity index (χ1v) is 47.0. The number of primary amides is 1. The van der Waals surface area contributed by atoms with Gasteiger partial charge < -0.3 is 80.0 Å². The molecule has 0 aliphatic rings. The maximum atomic E-state index is 12.6. The van der Waals surface area contributed by atoms with Crippen LogP contribution < -0.4 is 55.8 Å². The Morgan fingerprint density at radius 3 is 1.02 bits per heavy atom. The van der Waals surface area contributed by atoms with Crippen LogP contribution in [-0.2, 0) is 28.7 Å². The summed E-state index contributed by atoms with van der Waals surface area (Å²) in [4.78, 5) is 112. The summed E-state index contributed by atoms with van der Waals surface area (Å²) >= 11 is 22.4. The number of amides is 4. The Morgan fingerprint density at radius 2 is 0.664 bits per heavy atom. The van der Waals surface area contributed by atoms with E-state index in [0.29, 0.717) is 99.1 Å². The fourth-order valence-electron chi connectivity index (χ4n) is 10.5. The van der Waals surface area contributed by atoms with Crippen molar-refractivity contribution in [3.8, 4) is 69.0 Å². The minimum Gasteiger partial charge on any atom is -0.464 e. The van der Waals surface area contributed by atoms with Gasteiger partial charge in [0.05, 0.1) is 86.9 Å². The van der Waals surface area contributed by atoms with Gasteiger partial charge in [0.25, 0.3) is 5.91 Å². The first-order valence-electron chi connectivity index (χ1n) is 41.7. The highest BCUT2D eigenvalue weighted by Gasteiger charge is 2.28. The predicted octanol–water partition coefficient (Wildman–Crippen LogP) is 22.7. The molecule has 137 heavy (non-hydrogen) atoms. The van der Waals surface area contributed by atoms with Crippen molar-refractivity contribution in [2.24, 2.45) is 16.6 Å². The van der Waals surface area contributed by atoms with Gasteiger partial charge in [-0.1, -0.05) is 220 Å². The van der Waals surface area contributed by atoms with E-state index < -0.39 is 34.6 Å². The third kappa shape index (κ3) is 33.0. The van der Waals surface area contributed by atoms with E-state index in [-0.39, 0.29) is 33.3 Å². The van der Waals surface area contributed by atoms with Gasteiger partial charge in [0.1, 0.15) is 69.9 Å². The van der Waals surface area contributed by atoms with Crippen molar-refractivity contribution < 1.29 is 66.7 Å². The van der Waals surface area contributed by atoms with Gasteiger partial charge in [-0.25, -0.2) is 19.6 Å². The predicted molar refractivity (Wildman–Crippen MR) is 557 cm³/mol. The van der Waals surface area contributed by atoms with Gasteiger partial charge in [-0.2, -0.15) is 0 Å². The minimum atomic E-state index is -1.01. The molecule has 4 amide bonds. The molecule has 30 nitrogen and oxygen atoms in total. The zero-order valence-corrected chi connectivity index (χ0v) is 85.4. The van der Waals surface area contributed by atoms with E-state index in [4.69, 9.17) is 76.5 Å². The van der Waals surface area contributed by atoms with Crippen LogP contribution in [0.3, 0.4) is 0 Å². The topological polar surface area (TPSA) is 377 Å². The average Bonchev–Trinajstić information content (AvgIpc) is 1.71. The molecule has 712 valence electrons. The fraction of sp³-hybridized carbons (Fsp3) is 0.222. The van der Waals surface area contributed by atoms with Crippen molar-refractivity contribution in [3.05, 3.63) is 269 Å². The van der Waals surface area contributed by atoms with Gasteiger partial charge in [0, 0.05) is 90.3 Å². The number of thiazole rings is 2. The summed E-state index contributed by atoms with van der Waals surface area (Å²) in [5, 5.41) is 8.94. The molecule has 6 aromatic carbocycles. The summed E-state index contributed by atoms with van der Waals surface area (Å²) in [6.07, 6.45) is 19.2. The number of pyridine rings is 6. The number of benzene rings is 6. The third-order valence-electron chi connectivity index (χ3n) is 18.2. The van der Waals surface area contributed by atoms with Crippen LogP contribution in [0.1, 0.15) is 94.5 Å². The van der Waals surface area contributed by atoms with Gasteiger partial charge in [0.2, 0.25) is 16.8 Å². The first-order chi connectivity index (χ1) is 65.0. The summed E-state index contributed by atoms with van der Waals surface area (Å²) < 4.78 is 47.7. The Labute approximate surface area is 832 Å². The van der Waals surface area contributed by atoms with Crippen molar-refractivity contribution >= 4 is 186 Å². The SMILES string of the molecule is COC(=O)C(=O)Nc1c(Oc2ccc(C)cc2)cncc1SC(=S)N(C)C.COC(=O)c1nc2c(Oc3ccc(C)cc3)cncc2s1.Cc1ccc(Oc2cncc(SC(=S)N(C)C)c2N)cc1.Cc1ccc(Oc2cncc(SC(=S)N(C)C)c2NC(=O)C(C)(C)C)cc1.Cc1ccc(Oc2cncc3sc(C(N)=O)nc23)cc1.Cc1ccc(Oc2cnccc2NC(=O)C(C)(C)C)cc1. The summed E-state index contributed by atoms with van der Waals surface area (Å²) in [6, 6.07) is 47.6. The molecule has 38 heteroatoms. The van der Waals surface area contributed by atoms with Crippen LogP contribution in [0, 0.1) is 52.4 Å². The summed E-state index contributed by atoms with van der Waals surface area (Å²) in [7, 11) is 13.6. The Balaban J connectivity index is 0.000000185. The van der Waals surface area contributed by atoms with E-state index in [1.807, 2.05) is 269 Å². The Morgan fingerprint density at radius 1 is 0.365 bits per heavy atom. The van der Waals surface area contributed by atoms with E-state index >= 15 is 0 Å². The summed E-state index contributed by atoms with van der Waals surface area (Å²) in [5.74, 6) is 3.78. The van der Waals surface area contributed by atoms with Crippen LogP contribution >= 0.6 is 94.6 Å². The lowest BCUT2D eigenvalue weighted by molar-refractivity contribution is -0.150. The van der Waals surface area contributed by atoms with E-state index in [1.54, 1.807) is 85.1 Å². The normalized spacial score (nSPS) is 10.6. The molecule has 14 rings (SSSR count). The number of aryl methyl sites for hydroxylation is 6. The number of thiocarbonyl (C=S) groups is 3. The standard InChI is InChI=1S/C20H25N3O2S2.C18H19N3O4S2.C17H20N2O2.C15H17N3OS2.C15H12N2O3S.C14H11N3O2S/c1-13-7-9-14(10-8-13)25-15-11-21-12-16(27-19(26)23(5)6)17(15)22-18(24)20(2,3)4;1-11-5-7-12(8-6-11)25-13-9-19-10-14(27-18(26)21(2)3)15(13)20-16(22)17(23)24-4;1-12-5-7-13(8-6-12)21-15-11-18-10-9-14(15)19-16(20)17(2,3)4;1-10-4-6-11(7-5-10)19-12-8-17-9-13(14(12)16)21-15(20)18(2)3;1-9-3-5-10(6-4-9)20-11-7-16-8-12-13(11)17-14(21-12)15(18)19-2;1-8-2-4-9(5-3-8)19-10-6-16-7-11-12(10)17-14(20-11)13(15)18/h7-12H,1-6H3,(H,21,22,24);5-10H,1-4H3,(H,19,20,22);5-11H,1-4H3,(H,18,19,20);4-9H,1-3H3,(H2,16,17);3-8H,1-2H3;2-7H,1H3,(H2,15,18). The molecule has 0 bridgehead atoms. The van der Waals surface area contributed by atoms with E-state index in [1.165, 1.54) is 83.0 Å². The van der Waals surface area contributed by atoms with E-state index in [0.717, 1.165) is 64.2 Å². The van der Waals surface area contributed by atoms with Crippen LogP contribution in [0.2, 0.25) is 0 Å². The van der Waals surface area contributed by atoms with Crippen LogP contribution in [0.5, 0.6) is 69.0 Å². The number of nitrogens with two attached hydrogens (primary N) is 2. The molecule has 0 aliphatic heterocycles. The number of esters is 2. The van der Waals surface area contributed by atoms with Crippen molar-refractivity contribution in [1.29, 1.82) is 0 Å². The number of nitrogen functional groups attached to an aromatic ring is 1. The molecule has 0 saturated heterocycles. The number of nitrogens with one attached hydrogen (secondary N) is 3. The number of carbonyl (C=O) groups excluding carboxylic acids is 6. The van der Waals surface area contributed by atoms with Gasteiger partial charge in [0.15, 0.2) is 39.5 Å². The highest BCUT2D eigenvalue weighted by molar-refractivity contribution is 8.23. The van der Waals surface area contributed by atoms with Crippen LogP contribution in [0.15, 0.2) is 241 Å². The summed E-state index contributed by atoms with van der Waals surface area (Å²) in [6.45, 7) is 23.2. The minimum absolute atomic E-state index is 0.0672. The molecule has 0 saturated carbocycles. The van der Waals surface area contributed by atoms with Crippen molar-refractivity contribution in [1.82, 2.24) is 54.6 Å². The average molecular weight is 2000 g/mol. The van der Waals surface area contributed by atoms with Gasteiger partial charge in [-0.3, -0.25) is 49.1 Å². The molecule has 0 radical (unpaired) electrons. The van der Waals surface area contributed by atoms with Crippen LogP contribution in [0.25, 0.3) is 20.4 Å². The molecule has 8 aromatic heterocycles. The monoisotopic (exact) mass is 2000 g/mol. The zero-order valence-electron chi connectivity index (χ0n) is 78.9. The number of ether oxygens (including phenoxy) is 8. The lowest BCUT2D eigenvalue weighted by Gasteiger charge is -2.22. The van der Waals surface area contributed by atoms with Gasteiger partial charge in [-0.15, -0.1) is 22.7 Å². The quantitative estimate of drug-likeness (QED) is 0.0205. The molecule has 0 fully saturated rings. The number of nitrogens with zero attached hydrogens (tertiary/aromatic N) is 11. The van der Waals surface area contributed by atoms with Crippen molar-refractivity contribution in [2.75, 3.05) is 78.2 Å². The van der Waals surface area contributed by atoms with Crippen LogP contribution in [0.4, 0.5) is 22.7 Å². The second-order valence-electron chi connectivity index (χ2n) is 32.4. The number of methoxy groups -OCH3 is 2. The molecule has 0 spiro atoms. The number of hydrogen-bond donors (Lipinski definition) is 5. The lowest BCUT2D eigenvalue weighted by atomic mass is 9.95. The van der Waals surface area contributed by atoms with Gasteiger partial charge >= 0.3 is 17.8 Å². The Hall–Kier alpha value is -13.9. The highest BCUT2D eigenvalue weighted by atomic mass is 32.2. The number of thioether (sulfide) groups is 3. The van der Waals surface area contributed by atoms with Crippen molar-refractivity contribution in [3.63, 3.8) is 0 Å². The molecule has 14 aromatic rings.